The van der Waals surface area contributed by atoms with E-state index in [4.69, 9.17) is 9.31 Å². The minimum atomic E-state index is -0.132. The third-order valence-electron chi connectivity index (χ3n) is 2.27. The summed E-state index contributed by atoms with van der Waals surface area (Å²) in [6.07, 6.45) is 0. The number of benzene rings is 2. The standard InChI is InChI=1S/C12H9BO2Se/c1-2-6-10(7-3-1)16-13-14-11-8-4-5-9-12(11)15-13/h1-9H. The van der Waals surface area contributed by atoms with Crippen molar-refractivity contribution in [2.45, 2.75) is 0 Å². The molecule has 2 aromatic carbocycles. The predicted octanol–water partition coefficient (Wildman–Crippen LogP) is 1.47. The molecule has 0 radical (unpaired) electrons. The van der Waals surface area contributed by atoms with E-state index in [9.17, 15) is 0 Å². The number of para-hydroxylation sites is 2. The normalized spacial score (nSPS) is 12.9. The first-order valence-corrected chi connectivity index (χ1v) is 6.90. The summed E-state index contributed by atoms with van der Waals surface area (Å²) in [5.74, 6) is 1.57. The topological polar surface area (TPSA) is 18.5 Å². The zero-order valence-electron chi connectivity index (χ0n) is 8.50. The first-order chi connectivity index (χ1) is 7.92. The molecule has 0 atom stereocenters. The fourth-order valence-electron chi connectivity index (χ4n) is 1.53. The minimum absolute atomic E-state index is 0.132. The van der Waals surface area contributed by atoms with Gasteiger partial charge in [0.15, 0.2) is 0 Å². The van der Waals surface area contributed by atoms with E-state index in [2.05, 4.69) is 12.1 Å². The van der Waals surface area contributed by atoms with Gasteiger partial charge in [0.05, 0.1) is 0 Å². The third kappa shape index (κ3) is 1.94. The molecule has 78 valence electrons. The summed E-state index contributed by atoms with van der Waals surface area (Å²) < 4.78 is 12.7. The summed E-state index contributed by atoms with van der Waals surface area (Å²) >= 11 is 0.181. The Labute approximate surface area is 101 Å². The van der Waals surface area contributed by atoms with Crippen LogP contribution < -0.4 is 13.8 Å². The summed E-state index contributed by atoms with van der Waals surface area (Å²) in [5, 5.41) is 0. The molecule has 1 aliphatic heterocycles. The zero-order valence-corrected chi connectivity index (χ0v) is 10.2. The number of fused-ring (bicyclic) bond motifs is 1. The molecule has 0 saturated heterocycles. The molecule has 0 aromatic heterocycles. The second kappa shape index (κ2) is 4.24. The van der Waals surface area contributed by atoms with Gasteiger partial charge in [-0.2, -0.15) is 0 Å². The van der Waals surface area contributed by atoms with Crippen molar-refractivity contribution in [3.63, 3.8) is 0 Å². The quantitative estimate of drug-likeness (QED) is 0.773. The van der Waals surface area contributed by atoms with Crippen LogP contribution in [0.15, 0.2) is 54.6 Å². The van der Waals surface area contributed by atoms with E-state index in [1.165, 1.54) is 4.46 Å². The molecule has 0 amide bonds. The average Bonchev–Trinajstić information content (AvgIpc) is 2.72. The van der Waals surface area contributed by atoms with Crippen molar-refractivity contribution in [3.05, 3.63) is 54.6 Å². The van der Waals surface area contributed by atoms with Crippen molar-refractivity contribution in [1.82, 2.24) is 0 Å². The molecule has 4 heteroatoms. The Morgan fingerprint density at radius 3 is 1.94 bits per heavy atom. The van der Waals surface area contributed by atoms with Crippen molar-refractivity contribution < 1.29 is 9.31 Å². The monoisotopic (exact) mass is 276 g/mol. The van der Waals surface area contributed by atoms with E-state index < -0.39 is 0 Å². The summed E-state index contributed by atoms with van der Waals surface area (Å²) in [7, 11) is 0. The van der Waals surface area contributed by atoms with E-state index >= 15 is 0 Å². The van der Waals surface area contributed by atoms with E-state index in [0.717, 1.165) is 11.5 Å². The van der Waals surface area contributed by atoms with Crippen LogP contribution >= 0.6 is 0 Å². The van der Waals surface area contributed by atoms with Gasteiger partial charge in [0.2, 0.25) is 0 Å². The molecule has 0 aliphatic carbocycles. The maximum absolute atomic E-state index is 5.72. The Bertz CT molecular complexity index is 464. The molecule has 0 unspecified atom stereocenters. The Morgan fingerprint density at radius 2 is 1.31 bits per heavy atom. The van der Waals surface area contributed by atoms with Crippen molar-refractivity contribution >= 4 is 25.2 Å². The van der Waals surface area contributed by atoms with Gasteiger partial charge in [-0.05, 0) is 0 Å². The molecule has 1 aliphatic rings. The molecule has 1 heterocycles. The van der Waals surface area contributed by atoms with Gasteiger partial charge in [0, 0.05) is 0 Å². The summed E-state index contributed by atoms with van der Waals surface area (Å²) in [6.45, 7) is 0. The van der Waals surface area contributed by atoms with Crippen molar-refractivity contribution in [2.75, 3.05) is 0 Å². The van der Waals surface area contributed by atoms with Crippen LogP contribution in [0, 0.1) is 0 Å². The van der Waals surface area contributed by atoms with Crippen molar-refractivity contribution in [2.24, 2.45) is 0 Å². The second-order valence-corrected chi connectivity index (χ2v) is 5.69. The Kier molecular flexibility index (Phi) is 2.60. The first kappa shape index (κ1) is 9.82. The average molecular weight is 275 g/mol. The van der Waals surface area contributed by atoms with Crippen molar-refractivity contribution in [1.29, 1.82) is 0 Å². The molecule has 0 N–H and O–H groups in total. The van der Waals surface area contributed by atoms with Gasteiger partial charge >= 0.3 is 101 Å². The number of hydrogen-bond acceptors (Lipinski definition) is 2. The van der Waals surface area contributed by atoms with Gasteiger partial charge in [-0.15, -0.1) is 0 Å². The van der Waals surface area contributed by atoms with Crippen molar-refractivity contribution in [3.8, 4) is 11.5 Å². The van der Waals surface area contributed by atoms with Crippen LogP contribution in [0.25, 0.3) is 0 Å². The van der Waals surface area contributed by atoms with Gasteiger partial charge in [-0.1, -0.05) is 0 Å². The van der Waals surface area contributed by atoms with Crippen LogP contribution in [0.2, 0.25) is 0 Å². The molecule has 0 spiro atoms. The molecule has 0 saturated carbocycles. The molecular formula is C12H9BO2Se. The third-order valence-corrected chi connectivity index (χ3v) is 4.22. The summed E-state index contributed by atoms with van der Waals surface area (Å²) in [4.78, 5) is 0. The second-order valence-electron chi connectivity index (χ2n) is 3.40. The van der Waals surface area contributed by atoms with Crippen LogP contribution in [0.5, 0.6) is 11.5 Å². The molecule has 0 fully saturated rings. The SMILES string of the molecule is c1ccc([Se]B2Oc3ccccc3O2)cc1. The first-order valence-electron chi connectivity index (χ1n) is 5.06. The summed E-state index contributed by atoms with van der Waals surface area (Å²) in [5.41, 5.74) is 0. The van der Waals surface area contributed by atoms with E-state index in [-0.39, 0.29) is 20.7 Å². The van der Waals surface area contributed by atoms with Gasteiger partial charge in [0.1, 0.15) is 0 Å². The van der Waals surface area contributed by atoms with E-state index in [1.54, 1.807) is 0 Å². The fraction of sp³-hybridized carbons (Fsp3) is 0. The van der Waals surface area contributed by atoms with Crippen LogP contribution in [-0.4, -0.2) is 20.7 Å². The Balaban J connectivity index is 1.73. The Hall–Kier alpha value is -1.38. The zero-order chi connectivity index (χ0) is 10.8. The van der Waals surface area contributed by atoms with Gasteiger partial charge in [0.25, 0.3) is 0 Å². The molecule has 16 heavy (non-hydrogen) atoms. The number of hydrogen-bond donors (Lipinski definition) is 0. The van der Waals surface area contributed by atoms with Crippen LogP contribution in [0.1, 0.15) is 0 Å². The van der Waals surface area contributed by atoms with Gasteiger partial charge in [-0.25, -0.2) is 0 Å². The molecule has 2 aromatic rings. The summed E-state index contributed by atoms with van der Waals surface area (Å²) in [6, 6.07) is 18.1. The molecular weight excluding hydrogens is 266 g/mol. The van der Waals surface area contributed by atoms with Gasteiger partial charge < -0.3 is 0 Å². The fourth-order valence-corrected chi connectivity index (χ4v) is 3.30. The molecule has 3 rings (SSSR count). The maximum atomic E-state index is 5.72. The Morgan fingerprint density at radius 1 is 0.750 bits per heavy atom. The predicted molar refractivity (Wildman–Crippen MR) is 65.3 cm³/mol. The number of rotatable bonds is 2. The van der Waals surface area contributed by atoms with Gasteiger partial charge in [-0.3, -0.25) is 0 Å². The van der Waals surface area contributed by atoms with E-state index in [0.29, 0.717) is 0 Å². The van der Waals surface area contributed by atoms with Crippen LogP contribution in [0.3, 0.4) is 0 Å². The molecule has 0 bridgehead atoms. The van der Waals surface area contributed by atoms with Crippen LogP contribution in [-0.2, 0) is 0 Å². The molecule has 2 nitrogen and oxygen atoms in total. The van der Waals surface area contributed by atoms with Crippen LogP contribution in [0.4, 0.5) is 0 Å². The van der Waals surface area contributed by atoms with E-state index in [1.807, 2.05) is 42.5 Å².